The van der Waals surface area contributed by atoms with E-state index in [9.17, 15) is 20.0 Å². The Morgan fingerprint density at radius 2 is 2.06 bits per heavy atom. The number of hydrogen-bond acceptors (Lipinski definition) is 6. The number of fused-ring (bicyclic) bond motifs is 2. The number of H-pyrrole nitrogens is 1. The van der Waals surface area contributed by atoms with E-state index in [2.05, 4.69) is 15.6 Å². The number of para-hydroxylation sites is 1. The van der Waals surface area contributed by atoms with Gasteiger partial charge in [0.25, 0.3) is 5.91 Å². The van der Waals surface area contributed by atoms with E-state index in [4.69, 9.17) is 4.74 Å². The number of nitrogens with zero attached hydrogens (tertiary/aromatic N) is 1. The second-order valence-electron chi connectivity index (χ2n) is 8.10. The van der Waals surface area contributed by atoms with Gasteiger partial charge < -0.3 is 25.5 Å². The first kappa shape index (κ1) is 22.5. The molecule has 1 aliphatic heterocycles. The fraction of sp³-hybridized carbons (Fsp3) is 0.292. The maximum atomic E-state index is 12.7. The molecule has 4 N–H and O–H groups in total. The maximum Gasteiger partial charge on any atom is 0.256 e. The van der Waals surface area contributed by atoms with Crippen molar-refractivity contribution in [3.63, 3.8) is 0 Å². The Morgan fingerprint density at radius 3 is 2.88 bits per heavy atom. The Kier molecular flexibility index (Phi) is 6.71. The van der Waals surface area contributed by atoms with E-state index in [0.717, 1.165) is 16.5 Å². The van der Waals surface area contributed by atoms with Crippen molar-refractivity contribution in [1.82, 2.24) is 10.3 Å². The van der Waals surface area contributed by atoms with Gasteiger partial charge in [0.1, 0.15) is 18.5 Å². The molecular formula is C24H26N4O5. The van der Waals surface area contributed by atoms with Gasteiger partial charge >= 0.3 is 0 Å². The van der Waals surface area contributed by atoms with Crippen LogP contribution < -0.4 is 15.4 Å². The number of hydrogen-bond donors (Lipinski definition) is 4. The van der Waals surface area contributed by atoms with Crippen LogP contribution in [0.25, 0.3) is 22.6 Å². The Hall–Kier alpha value is -3.69. The van der Waals surface area contributed by atoms with E-state index in [-0.39, 0.29) is 36.6 Å². The first-order valence-electron chi connectivity index (χ1n) is 10.8. The zero-order chi connectivity index (χ0) is 23.4. The van der Waals surface area contributed by atoms with Crippen molar-refractivity contribution < 1.29 is 19.6 Å². The lowest BCUT2D eigenvalue weighted by molar-refractivity contribution is -0.480. The number of aliphatic hydroxyl groups excluding tert-OH is 1. The topological polar surface area (TPSA) is 130 Å². The molecule has 4 rings (SSSR count). The average molecular weight is 450 g/mol. The largest absolute Gasteiger partial charge is 0.490 e. The minimum absolute atomic E-state index is 0.0139. The Balaban J connectivity index is 1.47. The molecule has 0 spiro atoms. The molecule has 1 aromatic heterocycles. The summed E-state index contributed by atoms with van der Waals surface area (Å²) in [6.45, 7) is 1.97. The summed E-state index contributed by atoms with van der Waals surface area (Å²) in [5.41, 5.74) is 3.69. The average Bonchev–Trinajstić information content (AvgIpc) is 3.36. The highest BCUT2D eigenvalue weighted by atomic mass is 16.6. The van der Waals surface area contributed by atoms with Gasteiger partial charge in [-0.2, -0.15) is 0 Å². The number of rotatable bonds is 10. The molecular weight excluding hydrogens is 424 g/mol. The summed E-state index contributed by atoms with van der Waals surface area (Å²) < 4.78 is 5.89. The highest BCUT2D eigenvalue weighted by Crippen LogP contribution is 2.40. The first-order valence-corrected chi connectivity index (χ1v) is 10.8. The molecule has 0 radical (unpaired) electrons. The van der Waals surface area contributed by atoms with Crippen LogP contribution >= 0.6 is 0 Å². The van der Waals surface area contributed by atoms with Crippen LogP contribution in [0.3, 0.4) is 0 Å². The zero-order valence-electron chi connectivity index (χ0n) is 18.2. The minimum Gasteiger partial charge on any atom is -0.490 e. The van der Waals surface area contributed by atoms with Gasteiger partial charge in [0.15, 0.2) is 0 Å². The SMILES string of the molecule is CC(CC[N+](=O)[O-])NCC(O)COc1cccc2c1/C(=C\c1c[nH]c3ccccc13)C(=O)N2. The third kappa shape index (κ3) is 5.21. The molecule has 1 amide bonds. The summed E-state index contributed by atoms with van der Waals surface area (Å²) in [6, 6.07) is 13.1. The number of ether oxygens (including phenoxy) is 1. The van der Waals surface area contributed by atoms with Gasteiger partial charge in [-0.05, 0) is 31.2 Å². The second kappa shape index (κ2) is 9.85. The van der Waals surface area contributed by atoms with Gasteiger partial charge in [0.2, 0.25) is 6.54 Å². The van der Waals surface area contributed by atoms with Gasteiger partial charge in [-0.15, -0.1) is 0 Å². The van der Waals surface area contributed by atoms with Crippen molar-refractivity contribution in [2.45, 2.75) is 25.5 Å². The molecule has 0 bridgehead atoms. The standard InChI is InChI=1S/C24H26N4O5/c1-15(9-10-28(31)32)25-13-17(29)14-33-22-8-4-7-21-23(22)19(24(30)27-21)11-16-12-26-20-6-3-2-5-18(16)20/h2-8,11-12,15,17,25-26,29H,9-10,13-14H2,1H3,(H,27,30)/b19-11+. The molecule has 33 heavy (non-hydrogen) atoms. The molecule has 2 atom stereocenters. The number of amides is 1. The van der Waals surface area contributed by atoms with Crippen LogP contribution in [-0.2, 0) is 4.79 Å². The Bertz CT molecular complexity index is 1200. The van der Waals surface area contributed by atoms with E-state index < -0.39 is 6.10 Å². The van der Waals surface area contributed by atoms with E-state index in [1.807, 2.05) is 49.5 Å². The van der Waals surface area contributed by atoms with Gasteiger partial charge in [0.05, 0.1) is 16.8 Å². The number of aromatic amines is 1. The molecule has 2 unspecified atom stereocenters. The van der Waals surface area contributed by atoms with E-state index in [0.29, 0.717) is 29.0 Å². The van der Waals surface area contributed by atoms with E-state index in [1.165, 1.54) is 0 Å². The number of nitro groups is 1. The van der Waals surface area contributed by atoms with Gasteiger partial charge in [-0.25, -0.2) is 0 Å². The third-order valence-corrected chi connectivity index (χ3v) is 5.59. The highest BCUT2D eigenvalue weighted by Gasteiger charge is 2.28. The van der Waals surface area contributed by atoms with Crippen molar-refractivity contribution in [2.75, 3.05) is 25.0 Å². The van der Waals surface area contributed by atoms with Crippen LogP contribution in [0, 0.1) is 10.1 Å². The summed E-state index contributed by atoms with van der Waals surface area (Å²) in [4.78, 5) is 26.1. The smallest absolute Gasteiger partial charge is 0.256 e. The lowest BCUT2D eigenvalue weighted by Crippen LogP contribution is -2.37. The van der Waals surface area contributed by atoms with Crippen molar-refractivity contribution in [3.8, 4) is 5.75 Å². The summed E-state index contributed by atoms with van der Waals surface area (Å²) in [5.74, 6) is 0.283. The predicted octanol–water partition coefficient (Wildman–Crippen LogP) is 3.05. The molecule has 9 nitrogen and oxygen atoms in total. The number of nitrogens with one attached hydrogen (secondary N) is 3. The fourth-order valence-corrected chi connectivity index (χ4v) is 3.83. The zero-order valence-corrected chi connectivity index (χ0v) is 18.2. The normalized spacial score (nSPS) is 15.9. The molecule has 2 heterocycles. The van der Waals surface area contributed by atoms with Gasteiger partial charge in [-0.1, -0.05) is 24.3 Å². The summed E-state index contributed by atoms with van der Waals surface area (Å²) in [5, 5.41) is 27.7. The first-order chi connectivity index (χ1) is 15.9. The van der Waals surface area contributed by atoms with E-state index >= 15 is 0 Å². The molecule has 0 aliphatic carbocycles. The molecule has 0 saturated carbocycles. The van der Waals surface area contributed by atoms with E-state index in [1.54, 1.807) is 12.1 Å². The van der Waals surface area contributed by atoms with Crippen LogP contribution in [0.5, 0.6) is 5.75 Å². The number of carbonyl (C=O) groups excluding carboxylic acids is 1. The quantitative estimate of drug-likeness (QED) is 0.213. The van der Waals surface area contributed by atoms with Crippen LogP contribution in [0.4, 0.5) is 5.69 Å². The number of aromatic nitrogens is 1. The monoisotopic (exact) mass is 450 g/mol. The van der Waals surface area contributed by atoms with Crippen LogP contribution in [0.2, 0.25) is 0 Å². The van der Waals surface area contributed by atoms with Gasteiger partial charge in [0, 0.05) is 46.6 Å². The maximum absolute atomic E-state index is 12.7. The fourth-order valence-electron chi connectivity index (χ4n) is 3.83. The summed E-state index contributed by atoms with van der Waals surface area (Å²) in [7, 11) is 0. The lowest BCUT2D eigenvalue weighted by atomic mass is 10.0. The predicted molar refractivity (Wildman–Crippen MR) is 127 cm³/mol. The van der Waals surface area contributed by atoms with Gasteiger partial charge in [-0.3, -0.25) is 14.9 Å². The molecule has 3 aromatic rings. The van der Waals surface area contributed by atoms with Crippen molar-refractivity contribution in [1.29, 1.82) is 0 Å². The highest BCUT2D eigenvalue weighted by molar-refractivity contribution is 6.36. The molecule has 2 aromatic carbocycles. The number of benzene rings is 2. The number of anilines is 1. The van der Waals surface area contributed by atoms with Crippen LogP contribution in [0.1, 0.15) is 24.5 Å². The van der Waals surface area contributed by atoms with Crippen LogP contribution in [0.15, 0.2) is 48.7 Å². The summed E-state index contributed by atoms with van der Waals surface area (Å²) in [6.07, 6.45) is 3.26. The molecule has 172 valence electrons. The van der Waals surface area contributed by atoms with Crippen molar-refractivity contribution in [2.24, 2.45) is 0 Å². The number of aliphatic hydroxyl groups is 1. The Labute approximate surface area is 190 Å². The number of carbonyl (C=O) groups is 1. The van der Waals surface area contributed by atoms with Crippen LogP contribution in [-0.4, -0.2) is 52.8 Å². The third-order valence-electron chi connectivity index (χ3n) is 5.59. The lowest BCUT2D eigenvalue weighted by Gasteiger charge is -2.17. The van der Waals surface area contributed by atoms with Crippen molar-refractivity contribution >= 4 is 34.1 Å². The Morgan fingerprint density at radius 1 is 1.24 bits per heavy atom. The molecule has 9 heteroatoms. The molecule has 0 saturated heterocycles. The summed E-state index contributed by atoms with van der Waals surface area (Å²) >= 11 is 0. The molecule has 0 fully saturated rings. The van der Waals surface area contributed by atoms with Crippen molar-refractivity contribution in [3.05, 3.63) is 69.9 Å². The molecule has 1 aliphatic rings. The minimum atomic E-state index is -0.815. The second-order valence-corrected chi connectivity index (χ2v) is 8.10.